The highest BCUT2D eigenvalue weighted by atomic mass is 32.1. The number of amides is 2. The van der Waals surface area contributed by atoms with Gasteiger partial charge in [-0.3, -0.25) is 14.9 Å². The zero-order chi connectivity index (χ0) is 25.3. The van der Waals surface area contributed by atoms with Crippen molar-refractivity contribution in [1.82, 2.24) is 4.98 Å². The summed E-state index contributed by atoms with van der Waals surface area (Å²) in [6.07, 6.45) is 1.51. The Morgan fingerprint density at radius 1 is 0.944 bits per heavy atom. The van der Waals surface area contributed by atoms with Gasteiger partial charge >= 0.3 is 0 Å². The molecule has 2 N–H and O–H groups in total. The molecule has 0 radical (unpaired) electrons. The minimum Gasteiger partial charge on any atom is -0.490 e. The van der Waals surface area contributed by atoms with Crippen LogP contribution in [0.15, 0.2) is 78.4 Å². The molecule has 180 valence electrons. The van der Waals surface area contributed by atoms with E-state index in [1.807, 2.05) is 30.3 Å². The molecule has 8 nitrogen and oxygen atoms in total. The lowest BCUT2D eigenvalue weighted by Gasteiger charge is -2.09. The summed E-state index contributed by atoms with van der Waals surface area (Å²) in [5.41, 5.74) is 2.16. The van der Waals surface area contributed by atoms with Crippen LogP contribution in [0.1, 0.15) is 12.5 Å². The number of ether oxygens (including phenoxy) is 2. The third-order valence-electron chi connectivity index (χ3n) is 4.87. The average molecular weight is 499 g/mol. The number of aromatic nitrogens is 1. The van der Waals surface area contributed by atoms with Gasteiger partial charge < -0.3 is 14.8 Å². The number of nitrogens with zero attached hydrogens (tertiary/aromatic N) is 2. The highest BCUT2D eigenvalue weighted by Gasteiger charge is 2.12. The molecule has 2 amide bonds. The van der Waals surface area contributed by atoms with Crippen molar-refractivity contribution in [3.05, 3.63) is 83.9 Å². The second-order valence-corrected chi connectivity index (χ2v) is 8.61. The monoisotopic (exact) mass is 498 g/mol. The minimum absolute atomic E-state index is 0.0270. The first-order chi connectivity index (χ1) is 17.5. The molecule has 0 saturated carbocycles. The van der Waals surface area contributed by atoms with E-state index < -0.39 is 5.91 Å². The van der Waals surface area contributed by atoms with Crippen molar-refractivity contribution in [2.45, 2.75) is 6.92 Å². The van der Waals surface area contributed by atoms with Crippen LogP contribution in [0.4, 0.5) is 10.8 Å². The summed E-state index contributed by atoms with van der Waals surface area (Å²) in [4.78, 5) is 28.0. The number of hydrogen-bond acceptors (Lipinski definition) is 7. The Kier molecular flexibility index (Phi) is 7.90. The van der Waals surface area contributed by atoms with Gasteiger partial charge in [0, 0.05) is 12.6 Å². The Hall–Kier alpha value is -4.68. The molecule has 1 aromatic heterocycles. The largest absolute Gasteiger partial charge is 0.490 e. The molecule has 0 saturated heterocycles. The molecule has 0 aliphatic carbocycles. The number of nitrogens with one attached hydrogen (secondary N) is 2. The maximum Gasteiger partial charge on any atom is 0.268 e. The lowest BCUT2D eigenvalue weighted by Crippen LogP contribution is -2.13. The van der Waals surface area contributed by atoms with E-state index in [2.05, 4.69) is 15.6 Å². The van der Waals surface area contributed by atoms with Crippen LogP contribution in [-0.2, 0) is 9.59 Å². The number of hydrogen-bond donors (Lipinski definition) is 2. The van der Waals surface area contributed by atoms with Crippen LogP contribution in [0.2, 0.25) is 0 Å². The van der Waals surface area contributed by atoms with Gasteiger partial charge in [0.1, 0.15) is 36.4 Å². The number of carbonyl (C=O) groups is 2. The molecule has 0 atom stereocenters. The maximum absolute atomic E-state index is 12.6. The Morgan fingerprint density at radius 3 is 2.19 bits per heavy atom. The van der Waals surface area contributed by atoms with Crippen LogP contribution in [0.25, 0.3) is 16.3 Å². The Morgan fingerprint density at radius 2 is 1.58 bits per heavy atom. The van der Waals surface area contributed by atoms with Gasteiger partial charge in [-0.2, -0.15) is 5.26 Å². The third-order valence-corrected chi connectivity index (χ3v) is 5.82. The first-order valence-electron chi connectivity index (χ1n) is 11.0. The molecule has 3 aromatic carbocycles. The predicted octanol–water partition coefficient (Wildman–Crippen LogP) is 5.26. The fourth-order valence-corrected chi connectivity index (χ4v) is 4.08. The lowest BCUT2D eigenvalue weighted by molar-refractivity contribution is -0.114. The molecule has 0 aliphatic rings. The van der Waals surface area contributed by atoms with Gasteiger partial charge in [-0.1, -0.05) is 35.6 Å². The van der Waals surface area contributed by atoms with Gasteiger partial charge in [0.25, 0.3) is 5.91 Å². The number of anilines is 2. The van der Waals surface area contributed by atoms with Crippen LogP contribution in [-0.4, -0.2) is 30.0 Å². The van der Waals surface area contributed by atoms with E-state index in [0.717, 1.165) is 10.2 Å². The van der Waals surface area contributed by atoms with Crippen LogP contribution >= 0.6 is 11.3 Å². The van der Waals surface area contributed by atoms with Crippen molar-refractivity contribution < 1.29 is 19.1 Å². The second-order valence-electron chi connectivity index (χ2n) is 7.58. The fourth-order valence-electron chi connectivity index (χ4n) is 3.22. The molecule has 36 heavy (non-hydrogen) atoms. The molecular formula is C27H22N4O4S. The van der Waals surface area contributed by atoms with Gasteiger partial charge in [0.05, 0.1) is 10.2 Å². The highest BCUT2D eigenvalue weighted by Crippen LogP contribution is 2.26. The molecule has 0 bridgehead atoms. The van der Waals surface area contributed by atoms with Gasteiger partial charge in [-0.15, -0.1) is 0 Å². The topological polar surface area (TPSA) is 113 Å². The number of rotatable bonds is 9. The minimum atomic E-state index is -0.515. The van der Waals surface area contributed by atoms with Crippen molar-refractivity contribution in [3.63, 3.8) is 0 Å². The predicted molar refractivity (Wildman–Crippen MR) is 140 cm³/mol. The average Bonchev–Trinajstić information content (AvgIpc) is 3.29. The van der Waals surface area contributed by atoms with E-state index in [1.165, 1.54) is 24.3 Å². The van der Waals surface area contributed by atoms with Gasteiger partial charge in [0.15, 0.2) is 5.13 Å². The smallest absolute Gasteiger partial charge is 0.268 e. The van der Waals surface area contributed by atoms with E-state index in [1.54, 1.807) is 48.5 Å². The van der Waals surface area contributed by atoms with Crippen molar-refractivity contribution in [1.29, 1.82) is 5.26 Å². The summed E-state index contributed by atoms with van der Waals surface area (Å²) in [6, 6.07) is 23.6. The van der Waals surface area contributed by atoms with Gasteiger partial charge in [-0.05, 0) is 60.2 Å². The van der Waals surface area contributed by atoms with Crippen LogP contribution in [0.5, 0.6) is 11.5 Å². The fraction of sp³-hybridized carbons (Fsp3) is 0.111. The molecule has 0 spiro atoms. The summed E-state index contributed by atoms with van der Waals surface area (Å²) in [6.45, 7) is 2.12. The molecule has 4 rings (SSSR count). The molecule has 0 fully saturated rings. The highest BCUT2D eigenvalue weighted by molar-refractivity contribution is 7.22. The number of carbonyl (C=O) groups excluding carboxylic acids is 2. The number of benzene rings is 3. The molecule has 0 unspecified atom stereocenters. The van der Waals surface area contributed by atoms with Crippen molar-refractivity contribution in [2.75, 3.05) is 23.8 Å². The zero-order valence-corrected chi connectivity index (χ0v) is 20.2. The first-order valence-corrected chi connectivity index (χ1v) is 11.8. The SMILES string of the molecule is CC(=O)Nc1ccc(OCCOc2ccc(/C=C(\C#N)C(=O)Nc3nc4ccccc4s3)cc2)cc1. The molecule has 1 heterocycles. The van der Waals surface area contributed by atoms with Crippen molar-refractivity contribution in [3.8, 4) is 17.6 Å². The van der Waals surface area contributed by atoms with E-state index in [0.29, 0.717) is 41.1 Å². The van der Waals surface area contributed by atoms with E-state index >= 15 is 0 Å². The number of para-hydroxylation sites is 1. The van der Waals surface area contributed by atoms with Crippen molar-refractivity contribution >= 4 is 50.3 Å². The Bertz CT molecular complexity index is 1400. The number of nitriles is 1. The number of fused-ring (bicyclic) bond motifs is 1. The van der Waals surface area contributed by atoms with Gasteiger partial charge in [0.2, 0.25) is 5.91 Å². The quantitative estimate of drug-likeness (QED) is 0.185. The summed E-state index contributed by atoms with van der Waals surface area (Å²) >= 11 is 1.35. The normalized spacial score (nSPS) is 10.9. The van der Waals surface area contributed by atoms with E-state index in [4.69, 9.17) is 9.47 Å². The summed E-state index contributed by atoms with van der Waals surface area (Å²) in [5, 5.41) is 15.3. The summed E-state index contributed by atoms with van der Waals surface area (Å²) in [7, 11) is 0. The molecular weight excluding hydrogens is 476 g/mol. The van der Waals surface area contributed by atoms with Gasteiger partial charge in [-0.25, -0.2) is 4.98 Å². The second kappa shape index (κ2) is 11.6. The third kappa shape index (κ3) is 6.68. The first kappa shape index (κ1) is 24.4. The van der Waals surface area contributed by atoms with E-state index in [9.17, 15) is 14.9 Å². The van der Waals surface area contributed by atoms with Crippen LogP contribution in [0, 0.1) is 11.3 Å². The lowest BCUT2D eigenvalue weighted by atomic mass is 10.1. The number of thiazole rings is 1. The molecule has 9 heteroatoms. The Labute approximate surface area is 211 Å². The van der Waals surface area contributed by atoms with E-state index in [-0.39, 0.29) is 11.5 Å². The molecule has 0 aliphatic heterocycles. The standard InChI is InChI=1S/C27H22N4O4S/c1-18(32)29-21-8-12-23(13-9-21)35-15-14-34-22-10-6-19(7-11-22)16-20(17-28)26(33)31-27-30-24-4-2-3-5-25(24)36-27/h2-13,16H,14-15H2,1H3,(H,29,32)(H,30,31,33)/b20-16+. The maximum atomic E-state index is 12.6. The van der Waals surface area contributed by atoms with Crippen LogP contribution in [0.3, 0.4) is 0 Å². The van der Waals surface area contributed by atoms with Crippen LogP contribution < -0.4 is 20.1 Å². The zero-order valence-electron chi connectivity index (χ0n) is 19.4. The summed E-state index contributed by atoms with van der Waals surface area (Å²) in [5.74, 6) is 0.657. The van der Waals surface area contributed by atoms with Crippen molar-refractivity contribution in [2.24, 2.45) is 0 Å². The molecule has 4 aromatic rings. The summed E-state index contributed by atoms with van der Waals surface area (Å²) < 4.78 is 12.3. The Balaban J connectivity index is 1.27.